The van der Waals surface area contributed by atoms with E-state index in [1.807, 2.05) is 12.1 Å². The van der Waals surface area contributed by atoms with Crippen LogP contribution in [0.2, 0.25) is 0 Å². The van der Waals surface area contributed by atoms with E-state index in [4.69, 9.17) is 4.74 Å². The molecule has 20 heavy (non-hydrogen) atoms. The van der Waals surface area contributed by atoms with Crippen LogP contribution in [0, 0.1) is 5.92 Å². The minimum absolute atomic E-state index is 0.101. The second-order valence-electron chi connectivity index (χ2n) is 6.06. The van der Waals surface area contributed by atoms with E-state index >= 15 is 0 Å². The number of aliphatic hydroxyl groups excluding tert-OH is 1. The molecule has 0 radical (unpaired) electrons. The molecule has 3 nitrogen and oxygen atoms in total. The lowest BCUT2D eigenvalue weighted by Gasteiger charge is -2.29. The number of aliphatic hydroxyl groups is 1. The van der Waals surface area contributed by atoms with Gasteiger partial charge >= 0.3 is 0 Å². The van der Waals surface area contributed by atoms with E-state index in [0.29, 0.717) is 12.0 Å². The lowest BCUT2D eigenvalue weighted by atomic mass is 10.0. The van der Waals surface area contributed by atoms with Gasteiger partial charge in [-0.25, -0.2) is 0 Å². The minimum Gasteiger partial charge on any atom is -0.496 e. The number of likely N-dealkylation sites (N-methyl/N-ethyl adjacent to an activating group) is 1. The number of benzene rings is 1. The van der Waals surface area contributed by atoms with Gasteiger partial charge in [-0.1, -0.05) is 24.6 Å². The number of hydrogen-bond acceptors (Lipinski definition) is 3. The first-order valence-electron chi connectivity index (χ1n) is 7.62. The summed E-state index contributed by atoms with van der Waals surface area (Å²) in [5.41, 5.74) is 1.25. The number of nitrogens with zero attached hydrogens (tertiary/aromatic N) is 1. The third-order valence-corrected chi connectivity index (χ3v) is 4.60. The predicted octanol–water partition coefficient (Wildman–Crippen LogP) is 2.72. The second kappa shape index (κ2) is 7.09. The van der Waals surface area contributed by atoms with Crippen molar-refractivity contribution in [3.63, 3.8) is 0 Å². The van der Waals surface area contributed by atoms with Crippen molar-refractivity contribution in [2.75, 3.05) is 20.7 Å². The van der Waals surface area contributed by atoms with Crippen LogP contribution in [-0.4, -0.2) is 42.9 Å². The van der Waals surface area contributed by atoms with Crippen molar-refractivity contribution in [2.45, 2.75) is 44.8 Å². The summed E-state index contributed by atoms with van der Waals surface area (Å²) in [6.45, 7) is 3.23. The van der Waals surface area contributed by atoms with E-state index in [1.54, 1.807) is 7.11 Å². The van der Waals surface area contributed by atoms with E-state index in [9.17, 15) is 5.11 Å². The fourth-order valence-corrected chi connectivity index (χ4v) is 3.13. The lowest BCUT2D eigenvalue weighted by Crippen LogP contribution is -2.37. The van der Waals surface area contributed by atoms with Crippen molar-refractivity contribution in [3.05, 3.63) is 29.8 Å². The molecule has 0 saturated heterocycles. The van der Waals surface area contributed by atoms with Gasteiger partial charge in [-0.3, -0.25) is 0 Å². The molecular weight excluding hydrogens is 250 g/mol. The molecular formula is C17H27NO2. The van der Waals surface area contributed by atoms with Crippen LogP contribution >= 0.6 is 0 Å². The molecule has 0 bridgehead atoms. The normalized spacial score (nSPS) is 24.1. The van der Waals surface area contributed by atoms with Crippen molar-refractivity contribution in [2.24, 2.45) is 5.92 Å². The first-order chi connectivity index (χ1) is 9.61. The summed E-state index contributed by atoms with van der Waals surface area (Å²) < 4.78 is 5.42. The Hall–Kier alpha value is -1.06. The monoisotopic (exact) mass is 277 g/mol. The Morgan fingerprint density at radius 3 is 2.75 bits per heavy atom. The van der Waals surface area contributed by atoms with Crippen LogP contribution in [0.1, 0.15) is 31.7 Å². The van der Waals surface area contributed by atoms with Crippen LogP contribution in [0.15, 0.2) is 24.3 Å². The average Bonchev–Trinajstić information content (AvgIpc) is 2.84. The molecule has 112 valence electrons. The molecule has 3 atom stereocenters. The molecule has 1 aromatic rings. The molecule has 1 fully saturated rings. The van der Waals surface area contributed by atoms with Crippen molar-refractivity contribution in [3.8, 4) is 5.75 Å². The highest BCUT2D eigenvalue weighted by Crippen LogP contribution is 2.27. The summed E-state index contributed by atoms with van der Waals surface area (Å²) in [5.74, 6) is 1.41. The maximum absolute atomic E-state index is 9.94. The maximum atomic E-state index is 9.94. The number of hydrogen-bond donors (Lipinski definition) is 1. The molecule has 3 unspecified atom stereocenters. The lowest BCUT2D eigenvalue weighted by molar-refractivity contribution is 0.0989. The zero-order valence-electron chi connectivity index (χ0n) is 12.9. The van der Waals surface area contributed by atoms with Crippen molar-refractivity contribution in [1.29, 1.82) is 0 Å². The average molecular weight is 277 g/mol. The zero-order valence-corrected chi connectivity index (χ0v) is 12.9. The fraction of sp³-hybridized carbons (Fsp3) is 0.647. The Bertz CT molecular complexity index is 421. The Morgan fingerprint density at radius 2 is 2.10 bits per heavy atom. The molecule has 0 aliphatic heterocycles. The van der Waals surface area contributed by atoms with E-state index < -0.39 is 0 Å². The van der Waals surface area contributed by atoms with Gasteiger partial charge in [-0.15, -0.1) is 0 Å². The minimum atomic E-state index is -0.101. The topological polar surface area (TPSA) is 32.7 Å². The van der Waals surface area contributed by atoms with Gasteiger partial charge in [-0.05, 0) is 50.8 Å². The van der Waals surface area contributed by atoms with Gasteiger partial charge in [0, 0.05) is 12.6 Å². The van der Waals surface area contributed by atoms with Crippen LogP contribution in [0.3, 0.4) is 0 Å². The Kier molecular flexibility index (Phi) is 5.44. The van der Waals surface area contributed by atoms with Crippen LogP contribution in [0.5, 0.6) is 5.75 Å². The predicted molar refractivity (Wildman–Crippen MR) is 82.1 cm³/mol. The highest BCUT2D eigenvalue weighted by atomic mass is 16.5. The molecule has 1 N–H and O–H groups in total. The number of rotatable bonds is 6. The molecule has 1 aromatic carbocycles. The van der Waals surface area contributed by atoms with E-state index in [0.717, 1.165) is 31.6 Å². The Labute approximate surface area is 122 Å². The van der Waals surface area contributed by atoms with Gasteiger partial charge in [0.25, 0.3) is 0 Å². The number of methoxy groups -OCH3 is 1. The molecule has 1 aliphatic rings. The third-order valence-electron chi connectivity index (χ3n) is 4.60. The molecule has 0 aromatic heterocycles. The van der Waals surface area contributed by atoms with Crippen molar-refractivity contribution in [1.82, 2.24) is 4.90 Å². The van der Waals surface area contributed by atoms with Gasteiger partial charge in [0.05, 0.1) is 13.2 Å². The van der Waals surface area contributed by atoms with E-state index in [1.165, 1.54) is 12.0 Å². The SMILES string of the molecule is COc1ccccc1CC(C)N(C)CC1CCCC1O. The van der Waals surface area contributed by atoms with Gasteiger partial charge in [-0.2, -0.15) is 0 Å². The van der Waals surface area contributed by atoms with Crippen LogP contribution in [-0.2, 0) is 6.42 Å². The van der Waals surface area contributed by atoms with Gasteiger partial charge in [0.2, 0.25) is 0 Å². The summed E-state index contributed by atoms with van der Waals surface area (Å²) in [4.78, 5) is 2.37. The van der Waals surface area contributed by atoms with E-state index in [2.05, 4.69) is 31.0 Å². The van der Waals surface area contributed by atoms with Crippen LogP contribution in [0.25, 0.3) is 0 Å². The van der Waals surface area contributed by atoms with Crippen molar-refractivity contribution >= 4 is 0 Å². The first kappa shape index (κ1) is 15.3. The van der Waals surface area contributed by atoms with Crippen LogP contribution in [0.4, 0.5) is 0 Å². The summed E-state index contributed by atoms with van der Waals surface area (Å²) in [5, 5.41) is 9.94. The molecule has 0 spiro atoms. The standard InChI is InChI=1S/C17H27NO2/c1-13(11-14-7-4-5-10-17(14)20-3)18(2)12-15-8-6-9-16(15)19/h4-5,7,10,13,15-16,19H,6,8-9,11-12H2,1-3H3. The highest BCUT2D eigenvalue weighted by molar-refractivity contribution is 5.33. The maximum Gasteiger partial charge on any atom is 0.122 e. The third kappa shape index (κ3) is 3.74. The number of para-hydroxylation sites is 1. The molecule has 1 aliphatic carbocycles. The largest absolute Gasteiger partial charge is 0.496 e. The smallest absolute Gasteiger partial charge is 0.122 e. The Balaban J connectivity index is 1.91. The van der Waals surface area contributed by atoms with Crippen molar-refractivity contribution < 1.29 is 9.84 Å². The highest BCUT2D eigenvalue weighted by Gasteiger charge is 2.27. The summed E-state index contributed by atoms with van der Waals surface area (Å²) in [6, 6.07) is 8.66. The second-order valence-corrected chi connectivity index (χ2v) is 6.06. The Morgan fingerprint density at radius 1 is 1.35 bits per heavy atom. The van der Waals surface area contributed by atoms with E-state index in [-0.39, 0.29) is 6.10 Å². The molecule has 3 heteroatoms. The van der Waals surface area contributed by atoms with Gasteiger partial charge < -0.3 is 14.7 Å². The summed E-state index contributed by atoms with van der Waals surface area (Å²) >= 11 is 0. The van der Waals surface area contributed by atoms with Crippen LogP contribution < -0.4 is 4.74 Å². The van der Waals surface area contributed by atoms with Gasteiger partial charge in [0.1, 0.15) is 5.75 Å². The number of ether oxygens (including phenoxy) is 1. The quantitative estimate of drug-likeness (QED) is 0.868. The summed E-state index contributed by atoms with van der Waals surface area (Å²) in [7, 11) is 3.88. The first-order valence-corrected chi connectivity index (χ1v) is 7.62. The molecule has 0 heterocycles. The zero-order chi connectivity index (χ0) is 14.5. The molecule has 2 rings (SSSR count). The summed E-state index contributed by atoms with van der Waals surface area (Å²) in [6.07, 6.45) is 4.17. The molecule has 0 amide bonds. The van der Waals surface area contributed by atoms with Gasteiger partial charge in [0.15, 0.2) is 0 Å². The molecule has 1 saturated carbocycles. The fourth-order valence-electron chi connectivity index (χ4n) is 3.13.